The van der Waals surface area contributed by atoms with Crippen molar-refractivity contribution in [3.63, 3.8) is 0 Å². The molecule has 0 unspecified atom stereocenters. The van der Waals surface area contributed by atoms with Gasteiger partial charge in [-0.15, -0.1) is 0 Å². The molecule has 0 aromatic heterocycles. The number of benzene rings is 1. The molecule has 0 bridgehead atoms. The van der Waals surface area contributed by atoms with Crippen LogP contribution in [0.5, 0.6) is 5.75 Å². The zero-order chi connectivity index (χ0) is 8.27. The van der Waals surface area contributed by atoms with Crippen molar-refractivity contribution in [3.8, 4) is 5.75 Å². The number of aldehydes is 1. The van der Waals surface area contributed by atoms with E-state index in [4.69, 9.17) is 5.11 Å². The van der Waals surface area contributed by atoms with Gasteiger partial charge in [-0.05, 0) is 12.1 Å². The highest BCUT2D eigenvalue weighted by atomic mass is 16.3. The molecule has 0 fully saturated rings. The number of carbonyl (C=O) groups is 2. The van der Waals surface area contributed by atoms with Gasteiger partial charge in [0.05, 0.1) is 5.56 Å². The highest BCUT2D eigenvalue weighted by Crippen LogP contribution is 2.14. The highest BCUT2D eigenvalue weighted by Gasteiger charge is 2.07. The minimum absolute atomic E-state index is 0.0440. The Morgan fingerprint density at radius 3 is 2.55 bits per heavy atom. The van der Waals surface area contributed by atoms with Gasteiger partial charge in [-0.2, -0.15) is 0 Å². The second-order valence-corrected chi connectivity index (χ2v) is 2.00. The van der Waals surface area contributed by atoms with Gasteiger partial charge in [0.2, 0.25) is 5.78 Å². The SMILES string of the molecule is O=CC(=O)c1ccccc1O. The van der Waals surface area contributed by atoms with Gasteiger partial charge in [-0.3, -0.25) is 9.59 Å². The van der Waals surface area contributed by atoms with E-state index in [1.165, 1.54) is 12.1 Å². The van der Waals surface area contributed by atoms with Crippen molar-refractivity contribution in [1.29, 1.82) is 0 Å². The van der Waals surface area contributed by atoms with E-state index in [2.05, 4.69) is 0 Å². The second-order valence-electron chi connectivity index (χ2n) is 2.00. The third kappa shape index (κ3) is 1.43. The molecule has 3 heteroatoms. The van der Waals surface area contributed by atoms with Gasteiger partial charge in [0.25, 0.3) is 0 Å². The van der Waals surface area contributed by atoms with Crippen molar-refractivity contribution in [3.05, 3.63) is 29.8 Å². The van der Waals surface area contributed by atoms with E-state index in [0.29, 0.717) is 0 Å². The second kappa shape index (κ2) is 2.96. The van der Waals surface area contributed by atoms with Gasteiger partial charge in [0.15, 0.2) is 6.29 Å². The molecule has 1 aromatic carbocycles. The summed E-state index contributed by atoms with van der Waals surface area (Å²) >= 11 is 0. The molecular formula is C8H6O3. The van der Waals surface area contributed by atoms with Crippen LogP contribution in [-0.2, 0) is 4.79 Å². The standard InChI is InChI=1S/C8H6O3/c9-5-8(11)6-3-1-2-4-7(6)10/h1-5,10H. The summed E-state index contributed by atoms with van der Waals surface area (Å²) in [6.07, 6.45) is 0.176. The summed E-state index contributed by atoms with van der Waals surface area (Å²) < 4.78 is 0. The van der Waals surface area contributed by atoms with Crippen molar-refractivity contribution >= 4 is 12.1 Å². The zero-order valence-corrected chi connectivity index (χ0v) is 5.65. The minimum atomic E-state index is -0.705. The predicted octanol–water partition coefficient (Wildman–Crippen LogP) is 0.774. The quantitative estimate of drug-likeness (QED) is 0.385. The maximum Gasteiger partial charge on any atom is 0.229 e. The van der Waals surface area contributed by atoms with Crippen LogP contribution in [0.2, 0.25) is 0 Å². The summed E-state index contributed by atoms with van der Waals surface area (Å²) in [5, 5.41) is 9.03. The number of phenolic OH excluding ortho intramolecular Hbond substituents is 1. The van der Waals surface area contributed by atoms with Crippen LogP contribution < -0.4 is 0 Å². The first-order chi connectivity index (χ1) is 5.25. The molecule has 56 valence electrons. The number of phenols is 1. The number of Topliss-reactive ketones (excluding diaryl/α,β-unsaturated/α-hetero) is 1. The van der Waals surface area contributed by atoms with Crippen molar-refractivity contribution in [2.75, 3.05) is 0 Å². The Morgan fingerprint density at radius 1 is 1.36 bits per heavy atom. The molecule has 1 N–H and O–H groups in total. The smallest absolute Gasteiger partial charge is 0.229 e. The van der Waals surface area contributed by atoms with Crippen LogP contribution in [0.25, 0.3) is 0 Å². The molecule has 0 amide bonds. The molecule has 0 aliphatic heterocycles. The number of para-hydroxylation sites is 1. The van der Waals surface area contributed by atoms with Crippen molar-refractivity contribution < 1.29 is 14.7 Å². The fraction of sp³-hybridized carbons (Fsp3) is 0. The number of carbonyl (C=O) groups excluding carboxylic acids is 2. The van der Waals surface area contributed by atoms with Gasteiger partial charge in [-0.1, -0.05) is 12.1 Å². The first-order valence-electron chi connectivity index (χ1n) is 3.03. The number of aromatic hydroxyl groups is 1. The first-order valence-corrected chi connectivity index (χ1v) is 3.03. The third-order valence-electron chi connectivity index (χ3n) is 1.28. The molecule has 0 saturated heterocycles. The number of ketones is 1. The molecule has 0 saturated carbocycles. The van der Waals surface area contributed by atoms with Gasteiger partial charge in [-0.25, -0.2) is 0 Å². The fourth-order valence-electron chi connectivity index (χ4n) is 0.745. The Hall–Kier alpha value is -1.64. The molecule has 0 spiro atoms. The molecule has 0 aliphatic rings. The van der Waals surface area contributed by atoms with Gasteiger partial charge >= 0.3 is 0 Å². The number of hydrogen-bond donors (Lipinski definition) is 1. The Balaban J connectivity index is 3.13. The van der Waals surface area contributed by atoms with Crippen LogP contribution in [0, 0.1) is 0 Å². The summed E-state index contributed by atoms with van der Waals surface area (Å²) in [6, 6.07) is 5.91. The number of hydrogen-bond acceptors (Lipinski definition) is 3. The van der Waals surface area contributed by atoms with Crippen molar-refractivity contribution in [2.45, 2.75) is 0 Å². The van der Waals surface area contributed by atoms with E-state index in [-0.39, 0.29) is 17.6 Å². The molecule has 0 heterocycles. The van der Waals surface area contributed by atoms with E-state index in [1.807, 2.05) is 0 Å². The van der Waals surface area contributed by atoms with E-state index >= 15 is 0 Å². The van der Waals surface area contributed by atoms with Crippen molar-refractivity contribution in [2.24, 2.45) is 0 Å². The topological polar surface area (TPSA) is 54.4 Å². The van der Waals surface area contributed by atoms with E-state index < -0.39 is 5.78 Å². The van der Waals surface area contributed by atoms with Gasteiger partial charge in [0.1, 0.15) is 5.75 Å². The molecule has 11 heavy (non-hydrogen) atoms. The monoisotopic (exact) mass is 150 g/mol. The summed E-state index contributed by atoms with van der Waals surface area (Å²) in [6.45, 7) is 0. The Labute approximate surface area is 63.3 Å². The van der Waals surface area contributed by atoms with Crippen LogP contribution in [0.3, 0.4) is 0 Å². The molecule has 1 rings (SSSR count). The predicted molar refractivity (Wildman–Crippen MR) is 38.5 cm³/mol. The third-order valence-corrected chi connectivity index (χ3v) is 1.28. The van der Waals surface area contributed by atoms with Gasteiger partial charge < -0.3 is 5.11 Å². The van der Waals surface area contributed by atoms with Crippen LogP contribution in [0.1, 0.15) is 10.4 Å². The Bertz CT molecular complexity index is 291. The maximum atomic E-state index is 10.7. The highest BCUT2D eigenvalue weighted by molar-refractivity contribution is 6.34. The number of rotatable bonds is 2. The normalized spacial score (nSPS) is 9.09. The average Bonchev–Trinajstić information content (AvgIpc) is 2.04. The van der Waals surface area contributed by atoms with Crippen LogP contribution in [-0.4, -0.2) is 17.2 Å². The summed E-state index contributed by atoms with van der Waals surface area (Å²) in [5.41, 5.74) is 0.0440. The average molecular weight is 150 g/mol. The molecule has 1 aromatic rings. The lowest BCUT2D eigenvalue weighted by Gasteiger charge is -1.95. The van der Waals surface area contributed by atoms with E-state index in [0.717, 1.165) is 0 Å². The lowest BCUT2D eigenvalue weighted by molar-refractivity contribution is -0.104. The Morgan fingerprint density at radius 2 is 2.00 bits per heavy atom. The Kier molecular flexibility index (Phi) is 2.01. The first kappa shape index (κ1) is 7.47. The van der Waals surface area contributed by atoms with Crippen LogP contribution in [0.4, 0.5) is 0 Å². The van der Waals surface area contributed by atoms with Crippen LogP contribution in [0.15, 0.2) is 24.3 Å². The van der Waals surface area contributed by atoms with Gasteiger partial charge in [0, 0.05) is 0 Å². The zero-order valence-electron chi connectivity index (χ0n) is 5.65. The molecule has 0 atom stereocenters. The fourth-order valence-corrected chi connectivity index (χ4v) is 0.745. The van der Waals surface area contributed by atoms with Crippen LogP contribution >= 0.6 is 0 Å². The van der Waals surface area contributed by atoms with Crippen molar-refractivity contribution in [1.82, 2.24) is 0 Å². The maximum absolute atomic E-state index is 10.7. The molecule has 3 nitrogen and oxygen atoms in total. The summed E-state index contributed by atoms with van der Waals surface area (Å²) in [7, 11) is 0. The lowest BCUT2D eigenvalue weighted by atomic mass is 10.1. The molecular weight excluding hydrogens is 144 g/mol. The molecule has 0 aliphatic carbocycles. The van der Waals surface area contributed by atoms with E-state index in [9.17, 15) is 9.59 Å². The lowest BCUT2D eigenvalue weighted by Crippen LogP contribution is -1.99. The summed E-state index contributed by atoms with van der Waals surface area (Å²) in [4.78, 5) is 20.7. The molecule has 0 radical (unpaired) electrons. The van der Waals surface area contributed by atoms with E-state index in [1.54, 1.807) is 12.1 Å². The minimum Gasteiger partial charge on any atom is -0.507 e. The largest absolute Gasteiger partial charge is 0.507 e. The summed E-state index contributed by atoms with van der Waals surface area (Å²) in [5.74, 6) is -0.868.